The van der Waals surface area contributed by atoms with Crippen molar-refractivity contribution < 1.29 is 18.3 Å². The molecule has 0 aliphatic rings. The summed E-state index contributed by atoms with van der Waals surface area (Å²) in [7, 11) is 0. The Morgan fingerprint density at radius 1 is 1.11 bits per heavy atom. The summed E-state index contributed by atoms with van der Waals surface area (Å²) in [5, 5.41) is 11.7. The molecule has 1 unspecified atom stereocenters. The average Bonchev–Trinajstić information content (AvgIpc) is 2.39. The van der Waals surface area contributed by atoms with Crippen molar-refractivity contribution >= 4 is 0 Å². The van der Waals surface area contributed by atoms with Crippen molar-refractivity contribution in [3.05, 3.63) is 35.1 Å². The first-order valence-electron chi connectivity index (χ1n) is 6.29. The first-order chi connectivity index (χ1) is 9.10. The molecule has 108 valence electrons. The molecule has 0 bridgehead atoms. The van der Waals surface area contributed by atoms with Crippen LogP contribution in [-0.2, 0) is 0 Å². The molecular weight excluding hydrogens is 257 g/mol. The van der Waals surface area contributed by atoms with Gasteiger partial charge in [0.1, 0.15) is 0 Å². The van der Waals surface area contributed by atoms with Gasteiger partial charge in [0, 0.05) is 19.2 Å². The molecule has 0 heterocycles. The molecule has 1 aromatic carbocycles. The molecule has 19 heavy (non-hydrogen) atoms. The van der Waals surface area contributed by atoms with Gasteiger partial charge in [-0.1, -0.05) is 0 Å². The Balaban J connectivity index is 2.59. The van der Waals surface area contributed by atoms with Crippen molar-refractivity contribution in [1.29, 1.82) is 0 Å². The molecule has 0 aliphatic carbocycles. The quantitative estimate of drug-likeness (QED) is 0.502. The van der Waals surface area contributed by atoms with Crippen LogP contribution < -0.4 is 11.1 Å². The summed E-state index contributed by atoms with van der Waals surface area (Å²) in [4.78, 5) is 0. The minimum absolute atomic E-state index is 0.148. The summed E-state index contributed by atoms with van der Waals surface area (Å²) in [5.41, 5.74) is 5.84. The van der Waals surface area contributed by atoms with Crippen LogP contribution in [0.1, 0.15) is 30.9 Å². The van der Waals surface area contributed by atoms with Gasteiger partial charge in [0.25, 0.3) is 0 Å². The van der Waals surface area contributed by atoms with Crippen LogP contribution >= 0.6 is 0 Å². The maximum atomic E-state index is 13.1. The third-order valence-corrected chi connectivity index (χ3v) is 2.87. The van der Waals surface area contributed by atoms with Crippen LogP contribution in [0.4, 0.5) is 13.2 Å². The summed E-state index contributed by atoms with van der Waals surface area (Å²) in [6, 6.07) is 1.49. The lowest BCUT2D eigenvalue weighted by Crippen LogP contribution is -2.29. The molecule has 0 amide bonds. The topological polar surface area (TPSA) is 58.3 Å². The normalized spacial score (nSPS) is 12.7. The Morgan fingerprint density at radius 2 is 1.74 bits per heavy atom. The van der Waals surface area contributed by atoms with Gasteiger partial charge in [-0.15, -0.1) is 0 Å². The van der Waals surface area contributed by atoms with E-state index in [2.05, 4.69) is 5.32 Å². The van der Waals surface area contributed by atoms with Crippen molar-refractivity contribution in [3.63, 3.8) is 0 Å². The Morgan fingerprint density at radius 3 is 2.26 bits per heavy atom. The molecule has 0 fully saturated rings. The monoisotopic (exact) mass is 276 g/mol. The van der Waals surface area contributed by atoms with Crippen molar-refractivity contribution in [2.45, 2.75) is 25.3 Å². The largest absolute Gasteiger partial charge is 0.396 e. The molecular formula is C13H19F3N2O. The van der Waals surface area contributed by atoms with Crippen LogP contribution in [0.3, 0.4) is 0 Å². The van der Waals surface area contributed by atoms with Crippen molar-refractivity contribution in [2.75, 3.05) is 19.7 Å². The number of hydrogen-bond acceptors (Lipinski definition) is 3. The fraction of sp³-hybridized carbons (Fsp3) is 0.538. The molecule has 0 aliphatic heterocycles. The summed E-state index contributed by atoms with van der Waals surface area (Å²) in [6.07, 6.45) is 2.39. The molecule has 0 saturated carbocycles. The van der Waals surface area contributed by atoms with Gasteiger partial charge in [-0.3, -0.25) is 0 Å². The highest BCUT2D eigenvalue weighted by Gasteiger charge is 2.15. The first-order valence-corrected chi connectivity index (χ1v) is 6.29. The lowest BCUT2D eigenvalue weighted by Gasteiger charge is -2.17. The predicted molar refractivity (Wildman–Crippen MR) is 67.1 cm³/mol. The SMILES string of the molecule is NCC(NCCCCCO)c1cc(F)c(F)c(F)c1. The number of hydrogen-bond donors (Lipinski definition) is 3. The van der Waals surface area contributed by atoms with E-state index in [1.54, 1.807) is 0 Å². The molecule has 0 spiro atoms. The molecule has 1 aromatic rings. The minimum atomic E-state index is -1.47. The van der Waals surface area contributed by atoms with Gasteiger partial charge in [0.2, 0.25) is 0 Å². The van der Waals surface area contributed by atoms with Crippen LogP contribution in [0, 0.1) is 17.5 Å². The van der Waals surface area contributed by atoms with Crippen LogP contribution in [-0.4, -0.2) is 24.8 Å². The van der Waals surface area contributed by atoms with Crippen molar-refractivity contribution in [3.8, 4) is 0 Å². The fourth-order valence-electron chi connectivity index (χ4n) is 1.80. The van der Waals surface area contributed by atoms with E-state index in [9.17, 15) is 13.2 Å². The van der Waals surface area contributed by atoms with Gasteiger partial charge in [-0.2, -0.15) is 0 Å². The average molecular weight is 276 g/mol. The van der Waals surface area contributed by atoms with Crippen LogP contribution in [0.25, 0.3) is 0 Å². The Hall–Kier alpha value is -1.11. The van der Waals surface area contributed by atoms with Crippen LogP contribution in [0.2, 0.25) is 0 Å². The van der Waals surface area contributed by atoms with Gasteiger partial charge < -0.3 is 16.2 Å². The second-order valence-corrected chi connectivity index (χ2v) is 4.33. The molecule has 6 heteroatoms. The van der Waals surface area contributed by atoms with E-state index in [0.29, 0.717) is 12.1 Å². The van der Waals surface area contributed by atoms with Gasteiger partial charge >= 0.3 is 0 Å². The second-order valence-electron chi connectivity index (χ2n) is 4.33. The number of halogens is 3. The maximum Gasteiger partial charge on any atom is 0.194 e. The zero-order valence-corrected chi connectivity index (χ0v) is 10.6. The molecule has 1 rings (SSSR count). The predicted octanol–water partition coefficient (Wildman–Crippen LogP) is 1.86. The smallest absolute Gasteiger partial charge is 0.194 e. The lowest BCUT2D eigenvalue weighted by atomic mass is 10.1. The number of benzene rings is 1. The van der Waals surface area contributed by atoms with E-state index in [0.717, 1.165) is 31.4 Å². The van der Waals surface area contributed by atoms with Gasteiger partial charge in [-0.25, -0.2) is 13.2 Å². The van der Waals surface area contributed by atoms with Crippen LogP contribution in [0.5, 0.6) is 0 Å². The molecule has 1 atom stereocenters. The highest BCUT2D eigenvalue weighted by atomic mass is 19.2. The molecule has 0 aromatic heterocycles. The number of aliphatic hydroxyl groups excluding tert-OH is 1. The van der Waals surface area contributed by atoms with E-state index < -0.39 is 23.5 Å². The molecule has 4 N–H and O–H groups in total. The molecule has 3 nitrogen and oxygen atoms in total. The Labute approximate surface area is 110 Å². The third-order valence-electron chi connectivity index (χ3n) is 2.87. The first kappa shape index (κ1) is 15.9. The number of rotatable bonds is 8. The van der Waals surface area contributed by atoms with Gasteiger partial charge in [0.05, 0.1) is 0 Å². The van der Waals surface area contributed by atoms with E-state index >= 15 is 0 Å². The van der Waals surface area contributed by atoms with E-state index in [1.165, 1.54) is 0 Å². The van der Waals surface area contributed by atoms with Gasteiger partial charge in [-0.05, 0) is 43.5 Å². The molecule has 0 radical (unpaired) electrons. The highest BCUT2D eigenvalue weighted by Crippen LogP contribution is 2.18. The van der Waals surface area contributed by atoms with Gasteiger partial charge in [0.15, 0.2) is 17.5 Å². The third kappa shape index (κ3) is 4.81. The summed E-state index contributed by atoms with van der Waals surface area (Å²) in [6.45, 7) is 0.918. The Kier molecular flexibility index (Phi) is 6.83. The van der Waals surface area contributed by atoms with E-state index in [4.69, 9.17) is 10.8 Å². The molecule has 0 saturated heterocycles. The summed E-state index contributed by atoms with van der Waals surface area (Å²) in [5.74, 6) is -3.89. The Bertz CT molecular complexity index is 378. The zero-order chi connectivity index (χ0) is 14.3. The lowest BCUT2D eigenvalue weighted by molar-refractivity contribution is 0.282. The zero-order valence-electron chi connectivity index (χ0n) is 10.6. The summed E-state index contributed by atoms with van der Waals surface area (Å²) >= 11 is 0. The van der Waals surface area contributed by atoms with Crippen molar-refractivity contribution in [2.24, 2.45) is 5.73 Å². The minimum Gasteiger partial charge on any atom is -0.396 e. The maximum absolute atomic E-state index is 13.1. The number of nitrogens with one attached hydrogen (secondary N) is 1. The number of aliphatic hydroxyl groups is 1. The van der Waals surface area contributed by atoms with Crippen molar-refractivity contribution in [1.82, 2.24) is 5.32 Å². The number of unbranched alkanes of at least 4 members (excludes halogenated alkanes) is 2. The summed E-state index contributed by atoms with van der Waals surface area (Å²) < 4.78 is 39.1. The highest BCUT2D eigenvalue weighted by molar-refractivity contribution is 5.23. The fourth-order valence-corrected chi connectivity index (χ4v) is 1.80. The second kappa shape index (κ2) is 8.14. The standard InChI is InChI=1S/C13H19F3N2O/c14-10-6-9(7-11(15)13(10)16)12(8-17)18-4-2-1-3-5-19/h6-7,12,18-19H,1-5,8,17H2. The van der Waals surface area contributed by atoms with Crippen LogP contribution in [0.15, 0.2) is 12.1 Å². The van der Waals surface area contributed by atoms with E-state index in [1.807, 2.05) is 0 Å². The number of nitrogens with two attached hydrogens (primary N) is 1. The van der Waals surface area contributed by atoms with E-state index in [-0.39, 0.29) is 13.2 Å².